The number of rotatable bonds is 3. The van der Waals surface area contributed by atoms with Crippen LogP contribution in [0.3, 0.4) is 0 Å². The highest BCUT2D eigenvalue weighted by Gasteiger charge is 2.18. The maximum absolute atomic E-state index is 6.08. The number of nitrogens with two attached hydrogens (primary N) is 2. The van der Waals surface area contributed by atoms with E-state index >= 15 is 0 Å². The Balaban J connectivity index is 2.18. The molecule has 0 bridgehead atoms. The summed E-state index contributed by atoms with van der Waals surface area (Å²) in [5.41, 5.74) is 11.4. The number of hydrogen-bond acceptors (Lipinski definition) is 4. The summed E-state index contributed by atoms with van der Waals surface area (Å²) in [6, 6.07) is 13.2. The van der Waals surface area contributed by atoms with E-state index < -0.39 is 0 Å². The molecule has 0 radical (unpaired) electrons. The molecule has 0 aliphatic rings. The lowest BCUT2D eigenvalue weighted by Crippen LogP contribution is -2.29. The first-order valence-corrected chi connectivity index (χ1v) is 6.92. The van der Waals surface area contributed by atoms with Gasteiger partial charge in [-0.05, 0) is 23.1 Å². The Morgan fingerprint density at radius 1 is 1.05 bits per heavy atom. The lowest BCUT2D eigenvalue weighted by molar-refractivity contribution is 0.640. The minimum absolute atomic E-state index is 0.249. The van der Waals surface area contributed by atoms with Gasteiger partial charge in [-0.2, -0.15) is 0 Å². The van der Waals surface area contributed by atoms with Gasteiger partial charge in [-0.25, -0.2) is 5.43 Å². The average Bonchev–Trinajstić information content (AvgIpc) is 2.50. The third kappa shape index (κ3) is 2.56. The summed E-state index contributed by atoms with van der Waals surface area (Å²) in [6.07, 6.45) is 3.64. The van der Waals surface area contributed by atoms with E-state index in [1.807, 2.05) is 36.5 Å². The first-order chi connectivity index (χ1) is 10.2. The number of fused-ring (bicyclic) bond motifs is 1. The summed E-state index contributed by atoms with van der Waals surface area (Å²) in [4.78, 5) is 4.29. The van der Waals surface area contributed by atoms with Crippen molar-refractivity contribution in [3.63, 3.8) is 0 Å². The quantitative estimate of drug-likeness (QED) is 0.395. The molecule has 0 aliphatic carbocycles. The highest BCUT2D eigenvalue weighted by Crippen LogP contribution is 2.31. The van der Waals surface area contributed by atoms with Crippen LogP contribution in [0.5, 0.6) is 0 Å². The fraction of sp³-hybridized carbons (Fsp3) is 0.0625. The maximum Gasteiger partial charge on any atom is 0.0751 e. The molecule has 2 aromatic carbocycles. The van der Waals surface area contributed by atoms with Gasteiger partial charge in [-0.1, -0.05) is 41.9 Å². The minimum Gasteiger partial charge on any atom is -0.398 e. The molecule has 21 heavy (non-hydrogen) atoms. The Morgan fingerprint density at radius 2 is 1.86 bits per heavy atom. The standard InChI is InChI=1S/C16H15ClN4/c17-11-5-6-13(15(18)7-11)16(21-19)14-9-20-8-10-3-1-2-4-12(10)14/h1-9,16,21H,18-19H2. The van der Waals surface area contributed by atoms with Gasteiger partial charge in [0.15, 0.2) is 0 Å². The van der Waals surface area contributed by atoms with Crippen molar-refractivity contribution < 1.29 is 0 Å². The number of benzene rings is 2. The van der Waals surface area contributed by atoms with Crippen molar-refractivity contribution in [3.8, 4) is 0 Å². The highest BCUT2D eigenvalue weighted by atomic mass is 35.5. The zero-order chi connectivity index (χ0) is 14.8. The fourth-order valence-corrected chi connectivity index (χ4v) is 2.71. The molecule has 1 atom stereocenters. The molecule has 0 aliphatic heterocycles. The Labute approximate surface area is 127 Å². The van der Waals surface area contributed by atoms with E-state index in [2.05, 4.69) is 10.4 Å². The summed E-state index contributed by atoms with van der Waals surface area (Å²) in [5, 5.41) is 2.75. The van der Waals surface area contributed by atoms with Gasteiger partial charge in [-0.3, -0.25) is 10.8 Å². The van der Waals surface area contributed by atoms with Crippen LogP contribution >= 0.6 is 11.6 Å². The molecule has 3 aromatic rings. The van der Waals surface area contributed by atoms with Crippen molar-refractivity contribution in [3.05, 3.63) is 71.0 Å². The molecular formula is C16H15ClN4. The fourth-order valence-electron chi connectivity index (χ4n) is 2.53. The van der Waals surface area contributed by atoms with Crippen molar-refractivity contribution in [1.82, 2.24) is 10.4 Å². The number of hydrazine groups is 1. The van der Waals surface area contributed by atoms with Crippen LogP contribution in [0.15, 0.2) is 54.9 Å². The third-order valence-electron chi connectivity index (χ3n) is 3.54. The molecule has 0 saturated heterocycles. The number of nitrogens with one attached hydrogen (secondary N) is 1. The van der Waals surface area contributed by atoms with E-state index in [9.17, 15) is 0 Å². The summed E-state index contributed by atoms with van der Waals surface area (Å²) >= 11 is 5.96. The van der Waals surface area contributed by atoms with E-state index in [-0.39, 0.29) is 6.04 Å². The predicted molar refractivity (Wildman–Crippen MR) is 86.8 cm³/mol. The summed E-state index contributed by atoms with van der Waals surface area (Å²) in [7, 11) is 0. The van der Waals surface area contributed by atoms with Crippen LogP contribution in [0.2, 0.25) is 5.02 Å². The van der Waals surface area contributed by atoms with Crippen molar-refractivity contribution in [2.75, 3.05) is 5.73 Å². The van der Waals surface area contributed by atoms with Crippen LogP contribution in [0, 0.1) is 0 Å². The first kappa shape index (κ1) is 13.8. The summed E-state index contributed by atoms with van der Waals surface area (Å²) < 4.78 is 0. The molecular weight excluding hydrogens is 284 g/mol. The largest absolute Gasteiger partial charge is 0.398 e. The third-order valence-corrected chi connectivity index (χ3v) is 3.77. The zero-order valence-corrected chi connectivity index (χ0v) is 12.0. The van der Waals surface area contributed by atoms with Gasteiger partial charge in [0.05, 0.1) is 6.04 Å². The van der Waals surface area contributed by atoms with E-state index in [0.29, 0.717) is 10.7 Å². The number of hydrogen-bond donors (Lipinski definition) is 3. The van der Waals surface area contributed by atoms with Crippen LogP contribution in [0.4, 0.5) is 5.69 Å². The molecule has 1 unspecified atom stereocenters. The second-order valence-electron chi connectivity index (χ2n) is 4.82. The van der Waals surface area contributed by atoms with Crippen LogP contribution < -0.4 is 17.0 Å². The van der Waals surface area contributed by atoms with Crippen LogP contribution in [-0.2, 0) is 0 Å². The normalized spacial score (nSPS) is 12.5. The molecule has 5 N–H and O–H groups in total. The first-order valence-electron chi connectivity index (χ1n) is 6.54. The molecule has 0 saturated carbocycles. The topological polar surface area (TPSA) is 77.0 Å². The molecule has 0 spiro atoms. The van der Waals surface area contributed by atoms with Crippen molar-refractivity contribution >= 4 is 28.1 Å². The lowest BCUT2D eigenvalue weighted by atomic mass is 9.95. The molecule has 1 aromatic heterocycles. The second kappa shape index (κ2) is 5.69. The van der Waals surface area contributed by atoms with E-state index in [1.54, 1.807) is 18.3 Å². The van der Waals surface area contributed by atoms with E-state index in [1.165, 1.54) is 0 Å². The van der Waals surface area contributed by atoms with Gasteiger partial charge in [0.25, 0.3) is 0 Å². The molecule has 1 heterocycles. The Bertz CT molecular complexity index is 783. The zero-order valence-electron chi connectivity index (χ0n) is 11.3. The van der Waals surface area contributed by atoms with E-state index in [0.717, 1.165) is 21.9 Å². The molecule has 0 amide bonds. The number of nitrogens with zero attached hydrogens (tertiary/aromatic N) is 1. The van der Waals surface area contributed by atoms with Gasteiger partial charge >= 0.3 is 0 Å². The molecule has 4 nitrogen and oxygen atoms in total. The summed E-state index contributed by atoms with van der Waals surface area (Å²) in [5.74, 6) is 5.77. The number of pyridine rings is 1. The van der Waals surface area contributed by atoms with Crippen LogP contribution in [-0.4, -0.2) is 4.98 Å². The van der Waals surface area contributed by atoms with Crippen LogP contribution in [0.1, 0.15) is 17.2 Å². The SMILES string of the molecule is NNC(c1ccc(Cl)cc1N)c1cncc2ccccc12. The minimum atomic E-state index is -0.249. The second-order valence-corrected chi connectivity index (χ2v) is 5.26. The monoisotopic (exact) mass is 298 g/mol. The van der Waals surface area contributed by atoms with Crippen molar-refractivity contribution in [2.24, 2.45) is 5.84 Å². The Morgan fingerprint density at radius 3 is 2.62 bits per heavy atom. The molecule has 3 rings (SSSR count). The van der Waals surface area contributed by atoms with Crippen molar-refractivity contribution in [1.29, 1.82) is 0 Å². The Kier molecular flexibility index (Phi) is 3.75. The smallest absolute Gasteiger partial charge is 0.0751 e. The molecule has 5 heteroatoms. The predicted octanol–water partition coefficient (Wildman–Crippen LogP) is 3.02. The number of aromatic nitrogens is 1. The highest BCUT2D eigenvalue weighted by molar-refractivity contribution is 6.30. The number of anilines is 1. The van der Waals surface area contributed by atoms with Gasteiger partial charge in [-0.15, -0.1) is 0 Å². The van der Waals surface area contributed by atoms with E-state index in [4.69, 9.17) is 23.2 Å². The van der Waals surface area contributed by atoms with Crippen molar-refractivity contribution in [2.45, 2.75) is 6.04 Å². The maximum atomic E-state index is 6.08. The van der Waals surface area contributed by atoms with Crippen LogP contribution in [0.25, 0.3) is 10.8 Å². The number of halogens is 1. The Hall–Kier alpha value is -2.14. The molecule has 106 valence electrons. The summed E-state index contributed by atoms with van der Waals surface area (Å²) in [6.45, 7) is 0. The van der Waals surface area contributed by atoms with Gasteiger partial charge < -0.3 is 5.73 Å². The van der Waals surface area contributed by atoms with Gasteiger partial charge in [0, 0.05) is 34.1 Å². The average molecular weight is 299 g/mol. The molecule has 0 fully saturated rings. The van der Waals surface area contributed by atoms with Gasteiger partial charge in [0.2, 0.25) is 0 Å². The lowest BCUT2D eigenvalue weighted by Gasteiger charge is -2.20. The number of nitrogen functional groups attached to an aromatic ring is 1. The van der Waals surface area contributed by atoms with Gasteiger partial charge in [0.1, 0.15) is 0 Å².